The van der Waals surface area contributed by atoms with Gasteiger partial charge >= 0.3 is 0 Å². The number of aromatic amines is 1. The second kappa shape index (κ2) is 6.04. The van der Waals surface area contributed by atoms with E-state index in [1.54, 1.807) is 39.5 Å². The lowest BCUT2D eigenvalue weighted by molar-refractivity contribution is 0.103. The minimum atomic E-state index is -0.0817. The largest absolute Gasteiger partial charge is 0.493 e. The maximum Gasteiger partial charge on any atom is 0.209 e. The highest BCUT2D eigenvalue weighted by Gasteiger charge is 2.20. The van der Waals surface area contributed by atoms with Crippen LogP contribution in [0.3, 0.4) is 0 Å². The van der Waals surface area contributed by atoms with Crippen LogP contribution in [-0.4, -0.2) is 32.1 Å². The fourth-order valence-electron chi connectivity index (χ4n) is 2.61. The number of nitrogens with one attached hydrogen (secondary N) is 1. The number of carbonyl (C=O) groups excluding carboxylic acids is 1. The van der Waals surface area contributed by atoms with Crippen LogP contribution in [0.15, 0.2) is 42.5 Å². The third kappa shape index (κ3) is 2.50. The van der Waals surface area contributed by atoms with Gasteiger partial charge in [-0.25, -0.2) is 0 Å². The molecule has 0 bridgehead atoms. The van der Waals surface area contributed by atoms with Gasteiger partial charge in [0.15, 0.2) is 11.5 Å². The van der Waals surface area contributed by atoms with Crippen LogP contribution < -0.4 is 14.2 Å². The Kier molecular flexibility index (Phi) is 3.93. The molecule has 5 nitrogen and oxygen atoms in total. The van der Waals surface area contributed by atoms with Crippen LogP contribution in [0.25, 0.3) is 10.9 Å². The van der Waals surface area contributed by atoms with Gasteiger partial charge in [-0.1, -0.05) is 30.3 Å². The summed E-state index contributed by atoms with van der Waals surface area (Å²) in [6, 6.07) is 12.7. The number of hydrogen-bond donors (Lipinski definition) is 1. The molecule has 3 aromatic rings. The molecule has 0 aliphatic carbocycles. The average Bonchev–Trinajstić information content (AvgIpc) is 3.03. The van der Waals surface area contributed by atoms with Crippen molar-refractivity contribution in [1.82, 2.24) is 4.98 Å². The molecule has 1 heterocycles. The Morgan fingerprint density at radius 1 is 0.913 bits per heavy atom. The first-order chi connectivity index (χ1) is 11.2. The van der Waals surface area contributed by atoms with Crippen molar-refractivity contribution in [1.29, 1.82) is 0 Å². The number of ketones is 1. The number of fused-ring (bicyclic) bond motifs is 1. The molecule has 0 spiro atoms. The first-order valence-corrected chi connectivity index (χ1v) is 7.11. The number of carbonyl (C=O) groups is 1. The molecule has 5 heteroatoms. The number of ether oxygens (including phenoxy) is 3. The molecule has 0 saturated heterocycles. The summed E-state index contributed by atoms with van der Waals surface area (Å²) in [6.07, 6.45) is 0. The third-order valence-corrected chi connectivity index (χ3v) is 3.70. The molecular weight excluding hydrogens is 294 g/mol. The van der Waals surface area contributed by atoms with Gasteiger partial charge < -0.3 is 19.2 Å². The van der Waals surface area contributed by atoms with Gasteiger partial charge in [-0.05, 0) is 12.1 Å². The van der Waals surface area contributed by atoms with E-state index in [1.165, 1.54) is 0 Å². The van der Waals surface area contributed by atoms with Gasteiger partial charge in [0.25, 0.3) is 0 Å². The Balaban J connectivity index is 2.17. The fourth-order valence-corrected chi connectivity index (χ4v) is 2.61. The number of benzene rings is 2. The van der Waals surface area contributed by atoms with Crippen molar-refractivity contribution in [3.63, 3.8) is 0 Å². The Hall–Kier alpha value is -2.95. The molecule has 23 heavy (non-hydrogen) atoms. The van der Waals surface area contributed by atoms with Crippen LogP contribution in [0, 0.1) is 0 Å². The van der Waals surface area contributed by atoms with Gasteiger partial charge in [-0.3, -0.25) is 4.79 Å². The molecule has 2 aromatic carbocycles. The van der Waals surface area contributed by atoms with Gasteiger partial charge in [-0.2, -0.15) is 0 Å². The fraction of sp³-hybridized carbons (Fsp3) is 0.167. The van der Waals surface area contributed by atoms with Gasteiger partial charge in [0, 0.05) is 10.9 Å². The van der Waals surface area contributed by atoms with Crippen molar-refractivity contribution in [2.24, 2.45) is 0 Å². The van der Waals surface area contributed by atoms with Gasteiger partial charge in [0.1, 0.15) is 0 Å². The molecule has 0 unspecified atom stereocenters. The second-order valence-electron chi connectivity index (χ2n) is 4.99. The molecule has 0 amide bonds. The number of aromatic nitrogens is 1. The van der Waals surface area contributed by atoms with Crippen LogP contribution in [0.4, 0.5) is 0 Å². The first kappa shape index (κ1) is 15.0. The van der Waals surface area contributed by atoms with Crippen molar-refractivity contribution in [2.75, 3.05) is 21.3 Å². The molecule has 0 aliphatic rings. The van der Waals surface area contributed by atoms with Crippen molar-refractivity contribution in [3.8, 4) is 17.2 Å². The van der Waals surface area contributed by atoms with E-state index in [2.05, 4.69) is 4.98 Å². The number of hydrogen-bond acceptors (Lipinski definition) is 4. The quantitative estimate of drug-likeness (QED) is 0.733. The van der Waals surface area contributed by atoms with Crippen molar-refractivity contribution < 1.29 is 19.0 Å². The van der Waals surface area contributed by atoms with E-state index in [0.29, 0.717) is 34.0 Å². The third-order valence-electron chi connectivity index (χ3n) is 3.70. The maximum atomic E-state index is 12.6. The summed E-state index contributed by atoms with van der Waals surface area (Å²) in [5, 5.41) is 0.818. The van der Waals surface area contributed by atoms with Gasteiger partial charge in [-0.15, -0.1) is 0 Å². The van der Waals surface area contributed by atoms with Crippen LogP contribution in [0.5, 0.6) is 17.2 Å². The topological polar surface area (TPSA) is 60.6 Å². The summed E-state index contributed by atoms with van der Waals surface area (Å²) in [4.78, 5) is 15.7. The molecule has 0 atom stereocenters. The maximum absolute atomic E-state index is 12.6. The normalized spacial score (nSPS) is 10.6. The predicted molar refractivity (Wildman–Crippen MR) is 87.8 cm³/mol. The lowest BCUT2D eigenvalue weighted by atomic mass is 10.1. The average molecular weight is 311 g/mol. The highest BCUT2D eigenvalue weighted by molar-refractivity contribution is 6.10. The highest BCUT2D eigenvalue weighted by Crippen LogP contribution is 2.43. The van der Waals surface area contributed by atoms with Crippen LogP contribution >= 0.6 is 0 Å². The minimum Gasteiger partial charge on any atom is -0.493 e. The zero-order chi connectivity index (χ0) is 16.4. The zero-order valence-corrected chi connectivity index (χ0v) is 13.2. The Bertz CT molecular complexity index is 852. The van der Waals surface area contributed by atoms with Crippen LogP contribution in [0.1, 0.15) is 16.1 Å². The predicted octanol–water partition coefficient (Wildman–Crippen LogP) is 3.42. The zero-order valence-electron chi connectivity index (χ0n) is 13.2. The van der Waals surface area contributed by atoms with Crippen LogP contribution in [-0.2, 0) is 0 Å². The Morgan fingerprint density at radius 2 is 1.61 bits per heavy atom. The highest BCUT2D eigenvalue weighted by atomic mass is 16.5. The summed E-state index contributed by atoms with van der Waals surface area (Å²) in [6.45, 7) is 0. The molecule has 3 rings (SSSR count). The molecular formula is C18H17NO4. The second-order valence-corrected chi connectivity index (χ2v) is 4.99. The lowest BCUT2D eigenvalue weighted by Crippen LogP contribution is -2.01. The number of rotatable bonds is 5. The standard InChI is InChI=1S/C18H17NO4/c1-21-14-10-12-9-13(16(20)11-7-5-4-6-8-11)19-15(12)18(23-3)17(14)22-2/h4-10,19H,1-3H3. The van der Waals surface area contributed by atoms with Gasteiger partial charge in [0.05, 0.1) is 32.5 Å². The van der Waals surface area contributed by atoms with Crippen LogP contribution in [0.2, 0.25) is 0 Å². The smallest absolute Gasteiger partial charge is 0.209 e. The molecule has 0 fully saturated rings. The van der Waals surface area contributed by atoms with Gasteiger partial charge in [0.2, 0.25) is 11.5 Å². The summed E-state index contributed by atoms with van der Waals surface area (Å²) in [5.41, 5.74) is 1.81. The monoisotopic (exact) mass is 311 g/mol. The summed E-state index contributed by atoms with van der Waals surface area (Å²) in [7, 11) is 4.66. The molecule has 0 aliphatic heterocycles. The van der Waals surface area contributed by atoms with E-state index in [1.807, 2.05) is 24.3 Å². The van der Waals surface area contributed by atoms with E-state index in [-0.39, 0.29) is 5.78 Å². The SMILES string of the molecule is COc1cc2cc(C(=O)c3ccccc3)[nH]c2c(OC)c1OC. The van der Waals surface area contributed by atoms with E-state index < -0.39 is 0 Å². The molecule has 1 aromatic heterocycles. The van der Waals surface area contributed by atoms with E-state index >= 15 is 0 Å². The molecule has 1 N–H and O–H groups in total. The molecule has 0 saturated carbocycles. The minimum absolute atomic E-state index is 0.0817. The summed E-state index contributed by atoms with van der Waals surface area (Å²) in [5.74, 6) is 1.47. The summed E-state index contributed by atoms with van der Waals surface area (Å²) >= 11 is 0. The van der Waals surface area contributed by atoms with Crippen molar-refractivity contribution >= 4 is 16.7 Å². The van der Waals surface area contributed by atoms with Crippen molar-refractivity contribution in [3.05, 3.63) is 53.7 Å². The Morgan fingerprint density at radius 3 is 2.22 bits per heavy atom. The summed E-state index contributed by atoms with van der Waals surface area (Å²) < 4.78 is 16.1. The lowest BCUT2D eigenvalue weighted by Gasteiger charge is -2.12. The van der Waals surface area contributed by atoms with E-state index in [0.717, 1.165) is 5.39 Å². The molecule has 0 radical (unpaired) electrons. The number of methoxy groups -OCH3 is 3. The number of H-pyrrole nitrogens is 1. The first-order valence-electron chi connectivity index (χ1n) is 7.11. The van der Waals surface area contributed by atoms with E-state index in [4.69, 9.17) is 14.2 Å². The van der Waals surface area contributed by atoms with Crippen molar-refractivity contribution in [2.45, 2.75) is 0 Å². The Labute approximate surface area is 133 Å². The van der Waals surface area contributed by atoms with E-state index in [9.17, 15) is 4.79 Å². The molecule has 118 valence electrons.